The van der Waals surface area contributed by atoms with Gasteiger partial charge in [-0.15, -0.1) is 0 Å². The van der Waals surface area contributed by atoms with Gasteiger partial charge >= 0.3 is 0 Å². The SMILES string of the molecule is COC1CCCC1NC1CC(c2ccc(Br)cc2)C1. The molecule has 0 heterocycles. The van der Waals surface area contributed by atoms with Crippen molar-refractivity contribution in [3.05, 3.63) is 34.3 Å². The highest BCUT2D eigenvalue weighted by Gasteiger charge is 2.35. The Morgan fingerprint density at radius 2 is 1.89 bits per heavy atom. The molecular formula is C16H22BrNO. The van der Waals surface area contributed by atoms with Crippen LogP contribution in [-0.4, -0.2) is 25.3 Å². The number of hydrogen-bond donors (Lipinski definition) is 1. The first-order chi connectivity index (χ1) is 9.26. The van der Waals surface area contributed by atoms with E-state index in [2.05, 4.69) is 45.5 Å². The number of nitrogens with one attached hydrogen (secondary N) is 1. The molecule has 0 aromatic heterocycles. The Balaban J connectivity index is 1.49. The van der Waals surface area contributed by atoms with Crippen LogP contribution in [0.15, 0.2) is 28.7 Å². The van der Waals surface area contributed by atoms with Gasteiger partial charge in [0.05, 0.1) is 6.10 Å². The van der Waals surface area contributed by atoms with E-state index in [1.165, 1.54) is 42.1 Å². The van der Waals surface area contributed by atoms with Crippen LogP contribution in [0.4, 0.5) is 0 Å². The van der Waals surface area contributed by atoms with Crippen molar-refractivity contribution < 1.29 is 4.74 Å². The third-order valence-electron chi connectivity index (χ3n) is 4.68. The van der Waals surface area contributed by atoms with Crippen molar-refractivity contribution in [2.24, 2.45) is 0 Å². The van der Waals surface area contributed by atoms with Crippen molar-refractivity contribution in [2.75, 3.05) is 7.11 Å². The predicted octanol–water partition coefficient (Wildman–Crippen LogP) is 3.85. The maximum Gasteiger partial charge on any atom is 0.0724 e. The molecule has 19 heavy (non-hydrogen) atoms. The largest absolute Gasteiger partial charge is 0.380 e. The highest BCUT2D eigenvalue weighted by molar-refractivity contribution is 9.10. The molecule has 104 valence electrons. The zero-order valence-corrected chi connectivity index (χ0v) is 13.0. The average molecular weight is 324 g/mol. The van der Waals surface area contributed by atoms with Crippen LogP contribution >= 0.6 is 15.9 Å². The lowest BCUT2D eigenvalue weighted by Gasteiger charge is -2.39. The lowest BCUT2D eigenvalue weighted by molar-refractivity contribution is 0.0747. The quantitative estimate of drug-likeness (QED) is 0.908. The summed E-state index contributed by atoms with van der Waals surface area (Å²) in [5.74, 6) is 0.744. The highest BCUT2D eigenvalue weighted by atomic mass is 79.9. The van der Waals surface area contributed by atoms with Gasteiger partial charge in [-0.3, -0.25) is 0 Å². The molecule has 0 spiro atoms. The first-order valence-corrected chi connectivity index (χ1v) is 8.10. The van der Waals surface area contributed by atoms with Crippen molar-refractivity contribution in [1.82, 2.24) is 5.32 Å². The second kappa shape index (κ2) is 5.94. The van der Waals surface area contributed by atoms with Crippen molar-refractivity contribution in [2.45, 2.75) is 56.2 Å². The summed E-state index contributed by atoms with van der Waals surface area (Å²) in [6, 6.07) is 10.1. The molecule has 2 nitrogen and oxygen atoms in total. The molecule has 3 heteroatoms. The minimum absolute atomic E-state index is 0.437. The fourth-order valence-electron chi connectivity index (χ4n) is 3.46. The molecule has 1 aromatic rings. The fourth-order valence-corrected chi connectivity index (χ4v) is 3.73. The summed E-state index contributed by atoms with van der Waals surface area (Å²) in [6.45, 7) is 0. The van der Waals surface area contributed by atoms with Crippen LogP contribution < -0.4 is 5.32 Å². The molecule has 2 fully saturated rings. The number of methoxy groups -OCH3 is 1. The van der Waals surface area contributed by atoms with Gasteiger partial charge in [-0.05, 0) is 55.7 Å². The van der Waals surface area contributed by atoms with Gasteiger partial charge in [-0.25, -0.2) is 0 Å². The van der Waals surface area contributed by atoms with E-state index < -0.39 is 0 Å². The molecular weight excluding hydrogens is 302 g/mol. The first-order valence-electron chi connectivity index (χ1n) is 7.30. The zero-order valence-electron chi connectivity index (χ0n) is 11.4. The van der Waals surface area contributed by atoms with Crippen LogP contribution in [0.3, 0.4) is 0 Å². The lowest BCUT2D eigenvalue weighted by Crippen LogP contribution is -2.48. The zero-order chi connectivity index (χ0) is 13.2. The van der Waals surface area contributed by atoms with Crippen LogP contribution in [0.1, 0.15) is 43.6 Å². The first kappa shape index (κ1) is 13.6. The van der Waals surface area contributed by atoms with E-state index in [0.29, 0.717) is 18.2 Å². The number of ether oxygens (including phenoxy) is 1. The molecule has 3 rings (SSSR count). The van der Waals surface area contributed by atoms with E-state index in [-0.39, 0.29) is 0 Å². The van der Waals surface area contributed by atoms with Gasteiger partial charge in [-0.2, -0.15) is 0 Å². The van der Waals surface area contributed by atoms with E-state index in [1.54, 1.807) is 0 Å². The number of halogens is 1. The Labute approximate surface area is 124 Å². The van der Waals surface area contributed by atoms with Gasteiger partial charge in [0.25, 0.3) is 0 Å². The van der Waals surface area contributed by atoms with Crippen LogP contribution in [-0.2, 0) is 4.74 Å². The van der Waals surface area contributed by atoms with Crippen LogP contribution in [0.5, 0.6) is 0 Å². The Kier molecular flexibility index (Phi) is 4.25. The van der Waals surface area contributed by atoms with Gasteiger partial charge < -0.3 is 10.1 Å². The third-order valence-corrected chi connectivity index (χ3v) is 5.21. The predicted molar refractivity (Wildman–Crippen MR) is 81.5 cm³/mol. The highest BCUT2D eigenvalue weighted by Crippen LogP contribution is 2.38. The standard InChI is InChI=1S/C16H22BrNO/c1-19-16-4-2-3-15(16)18-14-9-12(10-14)11-5-7-13(17)8-6-11/h5-8,12,14-16,18H,2-4,9-10H2,1H3. The minimum atomic E-state index is 0.437. The van der Waals surface area contributed by atoms with E-state index in [0.717, 1.165) is 5.92 Å². The maximum atomic E-state index is 5.55. The molecule has 0 radical (unpaired) electrons. The van der Waals surface area contributed by atoms with E-state index in [1.807, 2.05) is 7.11 Å². The molecule has 1 aromatic carbocycles. The summed E-state index contributed by atoms with van der Waals surface area (Å²) in [6.07, 6.45) is 6.78. The summed E-state index contributed by atoms with van der Waals surface area (Å²) in [5.41, 5.74) is 1.48. The molecule has 2 aliphatic rings. The summed E-state index contributed by atoms with van der Waals surface area (Å²) in [5, 5.41) is 3.79. The van der Waals surface area contributed by atoms with Gasteiger partial charge in [0.15, 0.2) is 0 Å². The molecule has 2 atom stereocenters. The number of hydrogen-bond acceptors (Lipinski definition) is 2. The molecule has 2 aliphatic carbocycles. The van der Waals surface area contributed by atoms with Gasteiger partial charge in [-0.1, -0.05) is 28.1 Å². The van der Waals surface area contributed by atoms with Gasteiger partial charge in [0, 0.05) is 23.7 Å². The number of benzene rings is 1. The van der Waals surface area contributed by atoms with Crippen LogP contribution in [0.25, 0.3) is 0 Å². The van der Waals surface area contributed by atoms with Crippen LogP contribution in [0, 0.1) is 0 Å². The Bertz CT molecular complexity index is 413. The molecule has 1 N–H and O–H groups in total. The van der Waals surface area contributed by atoms with Crippen molar-refractivity contribution >= 4 is 15.9 Å². The van der Waals surface area contributed by atoms with Gasteiger partial charge in [0.2, 0.25) is 0 Å². The molecule has 0 aliphatic heterocycles. The monoisotopic (exact) mass is 323 g/mol. The second-order valence-electron chi connectivity index (χ2n) is 5.90. The lowest BCUT2D eigenvalue weighted by atomic mass is 9.75. The summed E-state index contributed by atoms with van der Waals surface area (Å²) < 4.78 is 6.72. The minimum Gasteiger partial charge on any atom is -0.380 e. The Morgan fingerprint density at radius 3 is 2.58 bits per heavy atom. The summed E-state index contributed by atoms with van der Waals surface area (Å²) in [7, 11) is 1.84. The Morgan fingerprint density at radius 1 is 1.16 bits per heavy atom. The summed E-state index contributed by atoms with van der Waals surface area (Å²) in [4.78, 5) is 0. The molecule has 0 amide bonds. The van der Waals surface area contributed by atoms with E-state index >= 15 is 0 Å². The van der Waals surface area contributed by atoms with E-state index in [4.69, 9.17) is 4.74 Å². The second-order valence-corrected chi connectivity index (χ2v) is 6.81. The molecule has 2 unspecified atom stereocenters. The average Bonchev–Trinajstić information content (AvgIpc) is 2.82. The summed E-state index contributed by atoms with van der Waals surface area (Å²) >= 11 is 3.49. The fraction of sp³-hybridized carbons (Fsp3) is 0.625. The normalized spacial score (nSPS) is 34.2. The molecule has 0 saturated heterocycles. The van der Waals surface area contributed by atoms with Crippen molar-refractivity contribution in [3.63, 3.8) is 0 Å². The molecule has 0 bridgehead atoms. The third kappa shape index (κ3) is 3.04. The maximum absolute atomic E-state index is 5.55. The van der Waals surface area contributed by atoms with Gasteiger partial charge in [0.1, 0.15) is 0 Å². The molecule has 2 saturated carbocycles. The van der Waals surface area contributed by atoms with Crippen molar-refractivity contribution in [3.8, 4) is 0 Å². The topological polar surface area (TPSA) is 21.3 Å². The van der Waals surface area contributed by atoms with E-state index in [9.17, 15) is 0 Å². The van der Waals surface area contributed by atoms with Crippen molar-refractivity contribution in [1.29, 1.82) is 0 Å². The smallest absolute Gasteiger partial charge is 0.0724 e. The Hall–Kier alpha value is -0.380. The number of rotatable bonds is 4. The van der Waals surface area contributed by atoms with Crippen LogP contribution in [0.2, 0.25) is 0 Å².